The van der Waals surface area contributed by atoms with Gasteiger partial charge >= 0.3 is 0 Å². The Bertz CT molecular complexity index is 342. The minimum Gasteiger partial charge on any atom is -0.393 e. The van der Waals surface area contributed by atoms with Gasteiger partial charge in [-0.05, 0) is 42.9 Å². The molecule has 1 N–H and O–H groups in total. The molecule has 0 bridgehead atoms. The molecule has 1 aromatic rings. The topological polar surface area (TPSA) is 20.2 Å². The summed E-state index contributed by atoms with van der Waals surface area (Å²) in [5.74, 6) is -0.175. The van der Waals surface area contributed by atoms with Gasteiger partial charge in [0.1, 0.15) is 5.82 Å². The molecule has 2 heteroatoms. The molecule has 0 saturated carbocycles. The van der Waals surface area contributed by atoms with Gasteiger partial charge in [0, 0.05) is 0 Å². The number of hydrogen-bond donors (Lipinski definition) is 1. The molecule has 0 fully saturated rings. The Morgan fingerprint density at radius 2 is 2.00 bits per heavy atom. The zero-order chi connectivity index (χ0) is 11.6. The van der Waals surface area contributed by atoms with Crippen molar-refractivity contribution in [1.82, 2.24) is 0 Å². The van der Waals surface area contributed by atoms with Gasteiger partial charge in [0.05, 0.1) is 6.10 Å². The van der Waals surface area contributed by atoms with Crippen molar-refractivity contribution in [3.05, 3.63) is 35.1 Å². The van der Waals surface area contributed by atoms with Crippen LogP contribution in [0.3, 0.4) is 0 Å². The van der Waals surface area contributed by atoms with Gasteiger partial charge in [0.15, 0.2) is 0 Å². The number of halogens is 1. The quantitative estimate of drug-likeness (QED) is 0.812. The van der Waals surface area contributed by atoms with Gasteiger partial charge in [0.2, 0.25) is 0 Å². The van der Waals surface area contributed by atoms with Crippen molar-refractivity contribution < 1.29 is 9.50 Å². The normalized spacial score (nSPS) is 14.0. The molecule has 1 rings (SSSR count). The van der Waals surface area contributed by atoms with Crippen LogP contribution in [0.1, 0.15) is 38.3 Å². The largest absolute Gasteiger partial charge is 0.393 e. The lowest BCUT2D eigenvalue weighted by molar-refractivity contribution is 0.156. The van der Waals surface area contributed by atoms with Gasteiger partial charge in [-0.3, -0.25) is 0 Å². The molecule has 1 nitrogen and oxygen atoms in total. The van der Waals surface area contributed by atoms with Gasteiger partial charge in [-0.2, -0.15) is 0 Å². The van der Waals surface area contributed by atoms with Crippen LogP contribution < -0.4 is 0 Å². The Balaban J connectivity index is 2.99. The Hall–Kier alpha value is -0.890. The van der Waals surface area contributed by atoms with Crippen LogP contribution in [-0.2, 0) is 5.41 Å². The summed E-state index contributed by atoms with van der Waals surface area (Å²) in [6.45, 7) is 7.54. The highest BCUT2D eigenvalue weighted by Crippen LogP contribution is 2.29. The summed E-state index contributed by atoms with van der Waals surface area (Å²) in [6, 6.07) is 5.28. The highest BCUT2D eigenvalue weighted by molar-refractivity contribution is 5.28. The minimum atomic E-state index is -0.371. The smallest absolute Gasteiger partial charge is 0.126 e. The fourth-order valence-corrected chi connectivity index (χ4v) is 1.87. The lowest BCUT2D eigenvalue weighted by Gasteiger charge is -2.27. The summed E-state index contributed by atoms with van der Waals surface area (Å²) in [6.07, 6.45) is 0.263. The molecule has 1 aromatic carbocycles. The van der Waals surface area contributed by atoms with E-state index in [0.717, 1.165) is 5.56 Å². The van der Waals surface area contributed by atoms with E-state index in [1.165, 1.54) is 0 Å². The van der Waals surface area contributed by atoms with Crippen molar-refractivity contribution >= 4 is 0 Å². The lowest BCUT2D eigenvalue weighted by atomic mass is 9.80. The Kier molecular flexibility index (Phi) is 3.50. The predicted molar refractivity (Wildman–Crippen MR) is 60.5 cm³/mol. The molecule has 0 radical (unpaired) electrons. The molecule has 1 atom stereocenters. The third-order valence-corrected chi connectivity index (χ3v) is 2.76. The molecule has 0 aliphatic rings. The minimum absolute atomic E-state index is 0.175. The maximum atomic E-state index is 13.4. The number of rotatable bonds is 3. The molecule has 1 unspecified atom stereocenters. The zero-order valence-corrected chi connectivity index (χ0v) is 9.84. The molecular weight excluding hydrogens is 191 g/mol. The fourth-order valence-electron chi connectivity index (χ4n) is 1.87. The third kappa shape index (κ3) is 3.03. The maximum absolute atomic E-state index is 13.4. The summed E-state index contributed by atoms with van der Waals surface area (Å²) >= 11 is 0. The Morgan fingerprint density at radius 3 is 2.47 bits per heavy atom. The highest BCUT2D eigenvalue weighted by atomic mass is 19.1. The van der Waals surface area contributed by atoms with Crippen molar-refractivity contribution in [2.75, 3.05) is 0 Å². The molecule has 0 aliphatic carbocycles. The third-order valence-electron chi connectivity index (χ3n) is 2.76. The lowest BCUT2D eigenvalue weighted by Crippen LogP contribution is -2.23. The summed E-state index contributed by atoms with van der Waals surface area (Å²) < 4.78 is 13.4. The van der Waals surface area contributed by atoms with Crippen LogP contribution in [0.2, 0.25) is 0 Å². The summed E-state index contributed by atoms with van der Waals surface area (Å²) in [5, 5.41) is 9.38. The SMILES string of the molecule is Cc1ccc(C(C)(C)CC(C)O)cc1F. The van der Waals surface area contributed by atoms with E-state index in [-0.39, 0.29) is 17.3 Å². The second-order valence-corrected chi connectivity index (χ2v) is 4.90. The van der Waals surface area contributed by atoms with Gasteiger partial charge in [-0.25, -0.2) is 4.39 Å². The van der Waals surface area contributed by atoms with Gasteiger partial charge < -0.3 is 5.11 Å². The first-order valence-corrected chi connectivity index (χ1v) is 5.27. The van der Waals surface area contributed by atoms with Crippen LogP contribution in [0.25, 0.3) is 0 Å². The van der Waals surface area contributed by atoms with Crippen LogP contribution >= 0.6 is 0 Å². The molecule has 0 saturated heterocycles. The molecule has 0 heterocycles. The van der Waals surface area contributed by atoms with E-state index in [1.807, 2.05) is 19.9 Å². The summed E-state index contributed by atoms with van der Waals surface area (Å²) in [5.41, 5.74) is 1.40. The van der Waals surface area contributed by atoms with E-state index in [2.05, 4.69) is 0 Å². The van der Waals surface area contributed by atoms with Crippen molar-refractivity contribution in [2.45, 2.75) is 45.6 Å². The molecule has 0 amide bonds. The van der Waals surface area contributed by atoms with Crippen molar-refractivity contribution in [3.8, 4) is 0 Å². The maximum Gasteiger partial charge on any atom is 0.126 e. The average molecular weight is 210 g/mol. The number of benzene rings is 1. The second-order valence-electron chi connectivity index (χ2n) is 4.90. The average Bonchev–Trinajstić information content (AvgIpc) is 2.07. The first-order valence-electron chi connectivity index (χ1n) is 5.27. The highest BCUT2D eigenvalue weighted by Gasteiger charge is 2.23. The van der Waals surface area contributed by atoms with Crippen LogP contribution in [0.5, 0.6) is 0 Å². The molecule has 0 aromatic heterocycles. The standard InChI is InChI=1S/C13H19FO/c1-9-5-6-11(7-12(9)14)13(3,4)8-10(2)15/h5-7,10,15H,8H2,1-4H3. The van der Waals surface area contributed by atoms with Gasteiger partial charge in [-0.1, -0.05) is 26.0 Å². The van der Waals surface area contributed by atoms with E-state index in [0.29, 0.717) is 12.0 Å². The predicted octanol–water partition coefficient (Wildman–Crippen LogP) is 3.18. The van der Waals surface area contributed by atoms with E-state index in [1.54, 1.807) is 26.0 Å². The molecule has 84 valence electrons. The van der Waals surface area contributed by atoms with Crippen molar-refractivity contribution in [1.29, 1.82) is 0 Å². The second kappa shape index (κ2) is 4.31. The Labute approximate surface area is 90.9 Å². The van der Waals surface area contributed by atoms with E-state index >= 15 is 0 Å². The van der Waals surface area contributed by atoms with Crippen molar-refractivity contribution in [3.63, 3.8) is 0 Å². The molecule has 0 aliphatic heterocycles. The van der Waals surface area contributed by atoms with E-state index in [4.69, 9.17) is 0 Å². The van der Waals surface area contributed by atoms with E-state index < -0.39 is 0 Å². The van der Waals surface area contributed by atoms with E-state index in [9.17, 15) is 9.50 Å². The number of aliphatic hydroxyl groups excluding tert-OH is 1. The van der Waals surface area contributed by atoms with Crippen LogP contribution in [0.4, 0.5) is 4.39 Å². The molecule has 0 spiro atoms. The van der Waals surface area contributed by atoms with Gasteiger partial charge in [-0.15, -0.1) is 0 Å². The van der Waals surface area contributed by atoms with Crippen LogP contribution in [0, 0.1) is 12.7 Å². The summed E-state index contributed by atoms with van der Waals surface area (Å²) in [4.78, 5) is 0. The first kappa shape index (κ1) is 12.2. The number of hydrogen-bond acceptors (Lipinski definition) is 1. The van der Waals surface area contributed by atoms with Crippen LogP contribution in [-0.4, -0.2) is 11.2 Å². The van der Waals surface area contributed by atoms with Crippen molar-refractivity contribution in [2.24, 2.45) is 0 Å². The summed E-state index contributed by atoms with van der Waals surface area (Å²) in [7, 11) is 0. The Morgan fingerprint density at radius 1 is 1.40 bits per heavy atom. The first-order chi connectivity index (χ1) is 6.83. The number of aliphatic hydroxyl groups is 1. The van der Waals surface area contributed by atoms with Crippen LogP contribution in [0.15, 0.2) is 18.2 Å². The zero-order valence-electron chi connectivity index (χ0n) is 9.84. The fraction of sp³-hybridized carbons (Fsp3) is 0.538. The molecule has 15 heavy (non-hydrogen) atoms. The number of aryl methyl sites for hydroxylation is 1. The van der Waals surface area contributed by atoms with Gasteiger partial charge in [0.25, 0.3) is 0 Å². The monoisotopic (exact) mass is 210 g/mol. The molecular formula is C13H19FO.